The van der Waals surface area contributed by atoms with Crippen molar-refractivity contribution in [2.75, 3.05) is 6.54 Å². The second-order valence-electron chi connectivity index (χ2n) is 2.70. The first-order valence-electron chi connectivity index (χ1n) is 4.35. The Labute approximate surface area is 78.9 Å². The van der Waals surface area contributed by atoms with E-state index in [0.29, 0.717) is 13.1 Å². The zero-order valence-electron chi connectivity index (χ0n) is 7.59. The smallest absolute Gasteiger partial charge is 0.0290 e. The molecule has 0 saturated heterocycles. The molecule has 0 aliphatic carbocycles. The van der Waals surface area contributed by atoms with E-state index in [4.69, 9.17) is 11.5 Å². The third-order valence-corrected chi connectivity index (χ3v) is 1.73. The van der Waals surface area contributed by atoms with Crippen LogP contribution >= 0.6 is 0 Å². The summed E-state index contributed by atoms with van der Waals surface area (Å²) in [6, 6.07) is 7.90. The highest BCUT2D eigenvalue weighted by molar-refractivity contribution is 5.41. The molecule has 0 aliphatic heterocycles. The number of nitrogens with two attached hydrogens (primary N) is 2. The summed E-state index contributed by atoms with van der Waals surface area (Å²) in [5.74, 6) is 6.05. The Balaban J connectivity index is 2.82. The minimum atomic E-state index is 0.535. The number of hydrogen-bond donors (Lipinski definition) is 2. The zero-order valence-corrected chi connectivity index (χ0v) is 7.59. The Hall–Kier alpha value is -1.30. The molecule has 2 heteroatoms. The van der Waals surface area contributed by atoms with Crippen molar-refractivity contribution in [1.29, 1.82) is 0 Å². The van der Waals surface area contributed by atoms with Crippen molar-refractivity contribution in [3.63, 3.8) is 0 Å². The van der Waals surface area contributed by atoms with Crippen LogP contribution in [0.5, 0.6) is 0 Å². The lowest BCUT2D eigenvalue weighted by molar-refractivity contribution is 1.03. The van der Waals surface area contributed by atoms with Crippen molar-refractivity contribution in [2.24, 2.45) is 11.5 Å². The molecule has 0 heterocycles. The van der Waals surface area contributed by atoms with Gasteiger partial charge in [0.05, 0.1) is 0 Å². The molecular formula is C11H14N2. The highest BCUT2D eigenvalue weighted by atomic mass is 14.5. The topological polar surface area (TPSA) is 52.0 Å². The van der Waals surface area contributed by atoms with Crippen LogP contribution in [-0.4, -0.2) is 6.54 Å². The van der Waals surface area contributed by atoms with Gasteiger partial charge in [0.15, 0.2) is 0 Å². The number of rotatable bonds is 2. The largest absolute Gasteiger partial charge is 0.330 e. The zero-order chi connectivity index (χ0) is 9.52. The van der Waals surface area contributed by atoms with Crippen LogP contribution in [0.4, 0.5) is 0 Å². The molecule has 0 radical (unpaired) electrons. The Morgan fingerprint density at radius 2 is 1.92 bits per heavy atom. The molecule has 68 valence electrons. The fraction of sp³-hybridized carbons (Fsp3) is 0.273. The van der Waals surface area contributed by atoms with Gasteiger partial charge in [-0.25, -0.2) is 0 Å². The van der Waals surface area contributed by atoms with Gasteiger partial charge in [0.1, 0.15) is 0 Å². The molecule has 1 aromatic carbocycles. The summed E-state index contributed by atoms with van der Waals surface area (Å²) in [4.78, 5) is 0. The summed E-state index contributed by atoms with van der Waals surface area (Å²) in [6.07, 6.45) is 0.735. The Morgan fingerprint density at radius 1 is 1.15 bits per heavy atom. The number of benzene rings is 1. The molecule has 0 aliphatic rings. The van der Waals surface area contributed by atoms with E-state index in [9.17, 15) is 0 Å². The van der Waals surface area contributed by atoms with Crippen molar-refractivity contribution in [1.82, 2.24) is 0 Å². The van der Waals surface area contributed by atoms with Gasteiger partial charge in [-0.2, -0.15) is 0 Å². The SMILES string of the molecule is NCCC#Cc1ccccc1CN. The van der Waals surface area contributed by atoms with Gasteiger partial charge in [0.2, 0.25) is 0 Å². The number of hydrogen-bond acceptors (Lipinski definition) is 2. The van der Waals surface area contributed by atoms with Crippen LogP contribution in [0.3, 0.4) is 0 Å². The van der Waals surface area contributed by atoms with E-state index in [-0.39, 0.29) is 0 Å². The third kappa shape index (κ3) is 2.90. The maximum Gasteiger partial charge on any atom is 0.0290 e. The van der Waals surface area contributed by atoms with Crippen molar-refractivity contribution >= 4 is 0 Å². The van der Waals surface area contributed by atoms with Gasteiger partial charge < -0.3 is 11.5 Å². The predicted molar refractivity (Wildman–Crippen MR) is 54.9 cm³/mol. The quantitative estimate of drug-likeness (QED) is 0.653. The molecule has 2 nitrogen and oxygen atoms in total. The van der Waals surface area contributed by atoms with Crippen molar-refractivity contribution in [3.8, 4) is 11.8 Å². The van der Waals surface area contributed by atoms with Crippen LogP contribution < -0.4 is 11.5 Å². The highest BCUT2D eigenvalue weighted by Gasteiger charge is 1.93. The van der Waals surface area contributed by atoms with E-state index >= 15 is 0 Å². The summed E-state index contributed by atoms with van der Waals surface area (Å²) in [5, 5.41) is 0. The van der Waals surface area contributed by atoms with Crippen LogP contribution in [0.15, 0.2) is 24.3 Å². The minimum absolute atomic E-state index is 0.535. The molecule has 0 saturated carbocycles. The summed E-state index contributed by atoms with van der Waals surface area (Å²) < 4.78 is 0. The minimum Gasteiger partial charge on any atom is -0.330 e. The summed E-state index contributed by atoms with van der Waals surface area (Å²) in [5.41, 5.74) is 13.0. The molecule has 0 unspecified atom stereocenters. The van der Waals surface area contributed by atoms with Gasteiger partial charge in [0.25, 0.3) is 0 Å². The second kappa shape index (κ2) is 5.36. The lowest BCUT2D eigenvalue weighted by Crippen LogP contribution is -1.99. The Bertz CT molecular complexity index is 320. The first-order valence-corrected chi connectivity index (χ1v) is 4.35. The summed E-state index contributed by atoms with van der Waals surface area (Å²) in [7, 11) is 0. The van der Waals surface area contributed by atoms with E-state index in [1.807, 2.05) is 24.3 Å². The van der Waals surface area contributed by atoms with Crippen LogP contribution in [0.1, 0.15) is 17.5 Å². The van der Waals surface area contributed by atoms with E-state index in [0.717, 1.165) is 17.5 Å². The summed E-state index contributed by atoms with van der Waals surface area (Å²) >= 11 is 0. The second-order valence-corrected chi connectivity index (χ2v) is 2.70. The average molecular weight is 174 g/mol. The van der Waals surface area contributed by atoms with E-state index in [1.165, 1.54) is 0 Å². The van der Waals surface area contributed by atoms with Crippen LogP contribution in [0.25, 0.3) is 0 Å². The maximum absolute atomic E-state index is 5.56. The average Bonchev–Trinajstić information content (AvgIpc) is 2.19. The van der Waals surface area contributed by atoms with E-state index in [1.54, 1.807) is 0 Å². The van der Waals surface area contributed by atoms with Gasteiger partial charge in [-0.05, 0) is 11.6 Å². The molecule has 0 atom stereocenters. The fourth-order valence-corrected chi connectivity index (χ4v) is 1.05. The van der Waals surface area contributed by atoms with Crippen molar-refractivity contribution in [2.45, 2.75) is 13.0 Å². The fourth-order valence-electron chi connectivity index (χ4n) is 1.05. The molecular weight excluding hydrogens is 160 g/mol. The normalized spacial score (nSPS) is 9.08. The van der Waals surface area contributed by atoms with Crippen LogP contribution in [-0.2, 0) is 6.54 Å². The van der Waals surface area contributed by atoms with E-state index < -0.39 is 0 Å². The predicted octanol–water partition coefficient (Wildman–Crippen LogP) is 0.846. The molecule has 0 bridgehead atoms. The lowest BCUT2D eigenvalue weighted by Gasteiger charge is -1.98. The van der Waals surface area contributed by atoms with Gasteiger partial charge in [-0.1, -0.05) is 30.0 Å². The molecule has 1 aromatic rings. The molecule has 1 rings (SSSR count). The van der Waals surface area contributed by atoms with Gasteiger partial charge in [-0.3, -0.25) is 0 Å². The third-order valence-electron chi connectivity index (χ3n) is 1.73. The molecule has 4 N–H and O–H groups in total. The maximum atomic E-state index is 5.56. The molecule has 0 aromatic heterocycles. The monoisotopic (exact) mass is 174 g/mol. The standard InChI is InChI=1S/C11H14N2/c12-8-4-3-6-10-5-1-2-7-11(10)9-13/h1-2,5,7H,4,8-9,12-13H2. The first kappa shape index (κ1) is 9.79. The lowest BCUT2D eigenvalue weighted by atomic mass is 10.1. The molecule has 0 spiro atoms. The van der Waals surface area contributed by atoms with E-state index in [2.05, 4.69) is 11.8 Å². The van der Waals surface area contributed by atoms with Gasteiger partial charge in [-0.15, -0.1) is 0 Å². The van der Waals surface area contributed by atoms with Crippen molar-refractivity contribution in [3.05, 3.63) is 35.4 Å². The van der Waals surface area contributed by atoms with Crippen LogP contribution in [0.2, 0.25) is 0 Å². The molecule has 13 heavy (non-hydrogen) atoms. The van der Waals surface area contributed by atoms with Crippen LogP contribution in [0, 0.1) is 11.8 Å². The Kier molecular flexibility index (Phi) is 4.04. The molecule has 0 fully saturated rings. The highest BCUT2D eigenvalue weighted by Crippen LogP contribution is 2.05. The van der Waals surface area contributed by atoms with Gasteiger partial charge in [0, 0.05) is 25.1 Å². The summed E-state index contributed by atoms with van der Waals surface area (Å²) in [6.45, 7) is 1.14. The van der Waals surface area contributed by atoms with Crippen molar-refractivity contribution < 1.29 is 0 Å². The Morgan fingerprint density at radius 3 is 2.62 bits per heavy atom. The van der Waals surface area contributed by atoms with Gasteiger partial charge >= 0.3 is 0 Å². The first-order chi connectivity index (χ1) is 6.38. The molecule has 0 amide bonds.